The molecule has 0 bridgehead atoms. The summed E-state index contributed by atoms with van der Waals surface area (Å²) in [5, 5.41) is 30.9. The summed E-state index contributed by atoms with van der Waals surface area (Å²) < 4.78 is 0. The molecular formula is C49H62ClNO4. The van der Waals surface area contributed by atoms with Gasteiger partial charge in [-0.1, -0.05) is 106 Å². The number of halogens is 1. The lowest BCUT2D eigenvalue weighted by Crippen LogP contribution is -2.62. The van der Waals surface area contributed by atoms with Crippen molar-refractivity contribution < 1.29 is 20.1 Å². The first-order chi connectivity index (χ1) is 25.5. The maximum atomic E-state index is 12.3. The number of aromatic hydroxyl groups is 2. The normalized spacial score (nSPS) is 31.3. The molecule has 0 amide bonds. The zero-order chi connectivity index (χ0) is 38.8. The molecule has 0 radical (unpaired) electrons. The predicted octanol–water partition coefficient (Wildman–Crippen LogP) is 11.6. The molecule has 3 N–H and O–H groups in total. The topological polar surface area (TPSA) is 81.0 Å². The van der Waals surface area contributed by atoms with Crippen molar-refractivity contribution in [2.75, 3.05) is 20.6 Å². The number of carboxylic acids is 1. The first-order valence-electron chi connectivity index (χ1n) is 20.2. The summed E-state index contributed by atoms with van der Waals surface area (Å²) in [4.78, 5) is 14.5. The molecule has 0 saturated heterocycles. The fourth-order valence-electron chi connectivity index (χ4n) is 11.7. The second-order valence-electron chi connectivity index (χ2n) is 18.8. The predicted molar refractivity (Wildman–Crippen MR) is 229 cm³/mol. The van der Waals surface area contributed by atoms with E-state index in [0.29, 0.717) is 5.92 Å². The van der Waals surface area contributed by atoms with Gasteiger partial charge in [0.05, 0.1) is 5.41 Å². The van der Waals surface area contributed by atoms with E-state index in [9.17, 15) is 20.1 Å². The Balaban J connectivity index is 0.000000202. The van der Waals surface area contributed by atoms with Crippen molar-refractivity contribution in [1.82, 2.24) is 4.90 Å². The Kier molecular flexibility index (Phi) is 10.9. The highest BCUT2D eigenvalue weighted by molar-refractivity contribution is 5.93. The fourth-order valence-corrected chi connectivity index (χ4v) is 11.7. The van der Waals surface area contributed by atoms with Crippen molar-refractivity contribution >= 4 is 36.1 Å². The van der Waals surface area contributed by atoms with Crippen LogP contribution in [0.2, 0.25) is 0 Å². The summed E-state index contributed by atoms with van der Waals surface area (Å²) in [7, 11) is 4.24. The van der Waals surface area contributed by atoms with Gasteiger partial charge >= 0.3 is 5.97 Å². The molecule has 6 atom stereocenters. The van der Waals surface area contributed by atoms with Crippen LogP contribution in [0.4, 0.5) is 0 Å². The molecule has 294 valence electrons. The summed E-state index contributed by atoms with van der Waals surface area (Å²) in [6, 6.07) is 19.1. The van der Waals surface area contributed by atoms with Crippen LogP contribution in [0.25, 0.3) is 17.7 Å². The molecule has 3 saturated carbocycles. The molecule has 6 unspecified atom stereocenters. The van der Waals surface area contributed by atoms with Gasteiger partial charge in [-0.05, 0) is 158 Å². The lowest BCUT2D eigenvalue weighted by atomic mass is 9.34. The van der Waals surface area contributed by atoms with Crippen molar-refractivity contribution in [2.24, 2.45) is 27.6 Å². The summed E-state index contributed by atoms with van der Waals surface area (Å²) in [5.74, 6) is -0.282. The van der Waals surface area contributed by atoms with E-state index in [-0.39, 0.29) is 45.6 Å². The van der Waals surface area contributed by atoms with E-state index in [4.69, 9.17) is 0 Å². The van der Waals surface area contributed by atoms with Gasteiger partial charge in [-0.25, -0.2) is 0 Å². The van der Waals surface area contributed by atoms with Crippen LogP contribution in [0.1, 0.15) is 125 Å². The summed E-state index contributed by atoms with van der Waals surface area (Å²) in [5.41, 5.74) is 10.6. The second-order valence-corrected chi connectivity index (χ2v) is 18.8. The van der Waals surface area contributed by atoms with Gasteiger partial charge in [0.15, 0.2) is 11.5 Å². The number of benzene rings is 3. The van der Waals surface area contributed by atoms with E-state index >= 15 is 0 Å². The number of carbonyl (C=O) groups is 1. The molecule has 5 aliphatic carbocycles. The quantitative estimate of drug-likeness (QED) is 0.142. The Bertz CT molecular complexity index is 2030. The zero-order valence-electron chi connectivity index (χ0n) is 34.3. The van der Waals surface area contributed by atoms with Crippen molar-refractivity contribution in [3.63, 3.8) is 0 Å². The SMILES string of the molecule is CN(C)CCC=C1c2ccccc2C=Cc2ccccc21.Cc1c(O)c(O)cc2c1CC=C1C2(C)CCC2(C)C3CC(C)(C(=O)O)CCC3(C)CCC12C.Cl. The molecule has 0 aromatic heterocycles. The number of phenols is 2. The highest BCUT2D eigenvalue weighted by Crippen LogP contribution is 2.74. The van der Waals surface area contributed by atoms with Crippen LogP contribution in [0.15, 0.2) is 72.3 Å². The number of allylic oxidation sites excluding steroid dienone is 2. The van der Waals surface area contributed by atoms with Crippen LogP contribution < -0.4 is 0 Å². The minimum Gasteiger partial charge on any atom is -0.504 e. The number of hydrogen-bond donors (Lipinski definition) is 3. The van der Waals surface area contributed by atoms with Crippen LogP contribution in [0, 0.1) is 34.5 Å². The monoisotopic (exact) mass is 763 g/mol. The Hall–Kier alpha value is -3.80. The Morgan fingerprint density at radius 2 is 1.45 bits per heavy atom. The third kappa shape index (κ3) is 6.57. The van der Waals surface area contributed by atoms with Crippen LogP contribution >= 0.6 is 12.4 Å². The van der Waals surface area contributed by atoms with Crippen LogP contribution in [0.5, 0.6) is 11.5 Å². The number of phenolic OH excluding ortho intramolecular Hbond substituents is 2. The van der Waals surface area contributed by atoms with Gasteiger partial charge in [-0.3, -0.25) is 4.79 Å². The van der Waals surface area contributed by atoms with Crippen LogP contribution in [-0.4, -0.2) is 46.8 Å². The highest BCUT2D eigenvalue weighted by Gasteiger charge is 2.67. The number of fused-ring (bicyclic) bond motifs is 9. The van der Waals surface area contributed by atoms with Crippen molar-refractivity contribution in [3.8, 4) is 11.5 Å². The number of carboxylic acid groups (broad SMARTS) is 1. The van der Waals surface area contributed by atoms with E-state index in [2.05, 4.69) is 120 Å². The number of hydrogen-bond acceptors (Lipinski definition) is 4. The van der Waals surface area contributed by atoms with E-state index in [1.54, 1.807) is 0 Å². The Morgan fingerprint density at radius 3 is 2.05 bits per heavy atom. The molecule has 6 heteroatoms. The number of rotatable bonds is 4. The molecule has 0 aliphatic heterocycles. The van der Waals surface area contributed by atoms with E-state index < -0.39 is 11.4 Å². The lowest BCUT2D eigenvalue weighted by molar-refractivity contribution is -0.177. The maximum absolute atomic E-state index is 12.3. The first kappa shape index (κ1) is 40.9. The standard InChI is InChI=1S/C29H40O4.C20H21N.ClH/c1-17-18-7-8-21-27(4,19(18)15-20(30)23(17)31)12-14-29(6)22-16-26(3,24(32)33)10-9-25(22,2)11-13-28(21,29)5;1-21(2)15-7-12-20-18-10-5-3-8-16(18)13-14-17-9-4-6-11-19(17)20;/h8,15,22,30-31H,7,9-14,16H2,1-6H3,(H,32,33);3-6,8-14H,7,15H2,1-2H3;1H. The van der Waals surface area contributed by atoms with Gasteiger partial charge in [0.25, 0.3) is 0 Å². The van der Waals surface area contributed by atoms with Crippen molar-refractivity contribution in [2.45, 2.75) is 105 Å². The maximum Gasteiger partial charge on any atom is 0.309 e. The van der Waals surface area contributed by atoms with Crippen LogP contribution in [0.3, 0.4) is 0 Å². The second kappa shape index (κ2) is 14.6. The smallest absolute Gasteiger partial charge is 0.309 e. The largest absolute Gasteiger partial charge is 0.504 e. The van der Waals surface area contributed by atoms with Gasteiger partial charge in [-0.2, -0.15) is 0 Å². The third-order valence-electron chi connectivity index (χ3n) is 15.4. The molecule has 3 fully saturated rings. The Morgan fingerprint density at radius 1 is 0.855 bits per heavy atom. The minimum atomic E-state index is -0.641. The van der Waals surface area contributed by atoms with Gasteiger partial charge < -0.3 is 20.2 Å². The highest BCUT2D eigenvalue weighted by atomic mass is 35.5. The van der Waals surface area contributed by atoms with Crippen molar-refractivity contribution in [1.29, 1.82) is 0 Å². The van der Waals surface area contributed by atoms with Gasteiger partial charge in [0.2, 0.25) is 0 Å². The summed E-state index contributed by atoms with van der Waals surface area (Å²) >= 11 is 0. The number of nitrogens with zero attached hydrogens (tertiary/aromatic N) is 1. The van der Waals surface area contributed by atoms with Crippen LogP contribution in [-0.2, 0) is 16.6 Å². The molecule has 3 aromatic carbocycles. The molecule has 5 aliphatic rings. The molecule has 5 nitrogen and oxygen atoms in total. The molecule has 3 aromatic rings. The molecule has 0 heterocycles. The first-order valence-corrected chi connectivity index (χ1v) is 20.2. The fraction of sp³-hybridized carbons (Fsp3) is 0.490. The van der Waals surface area contributed by atoms with Crippen molar-refractivity contribution in [3.05, 3.63) is 111 Å². The molecular weight excluding hydrogens is 702 g/mol. The van der Waals surface area contributed by atoms with Gasteiger partial charge in [0.1, 0.15) is 0 Å². The lowest BCUT2D eigenvalue weighted by Gasteiger charge is -2.69. The molecule has 0 spiro atoms. The minimum absolute atomic E-state index is 0. The summed E-state index contributed by atoms with van der Waals surface area (Å²) in [6.45, 7) is 14.6. The molecule has 8 rings (SSSR count). The van der Waals surface area contributed by atoms with E-state index in [1.807, 2.05) is 19.9 Å². The number of aliphatic carboxylic acids is 1. The van der Waals surface area contributed by atoms with Gasteiger partial charge in [-0.15, -0.1) is 12.4 Å². The van der Waals surface area contributed by atoms with Gasteiger partial charge in [0, 0.05) is 12.0 Å². The average molecular weight is 764 g/mol. The Labute approximate surface area is 335 Å². The zero-order valence-corrected chi connectivity index (χ0v) is 35.1. The third-order valence-corrected chi connectivity index (χ3v) is 15.4. The van der Waals surface area contributed by atoms with E-state index in [0.717, 1.165) is 75.5 Å². The summed E-state index contributed by atoms with van der Waals surface area (Å²) in [6.07, 6.45) is 17.9. The average Bonchev–Trinajstić information content (AvgIpc) is 3.30. The van der Waals surface area contributed by atoms with E-state index in [1.165, 1.54) is 39.0 Å². The molecule has 55 heavy (non-hydrogen) atoms.